The molecule has 0 bridgehead atoms. The standard InChI is InChI=1S/C7H12O6S/c1-14(10,11)7(9)3-13-5-4(8)2-12-6(5)7/h4-6,8-9H,2-3H2,1H3/t4-,5-,6+,7-/m1/s1. The van der Waals surface area contributed by atoms with E-state index in [0.717, 1.165) is 6.26 Å². The Bertz CT molecular complexity index is 338. The minimum Gasteiger partial charge on any atom is -0.388 e. The lowest BCUT2D eigenvalue weighted by Crippen LogP contribution is -2.49. The van der Waals surface area contributed by atoms with Gasteiger partial charge in [-0.25, -0.2) is 8.42 Å². The van der Waals surface area contributed by atoms with Crippen LogP contribution in [0.4, 0.5) is 0 Å². The van der Waals surface area contributed by atoms with E-state index in [-0.39, 0.29) is 13.2 Å². The molecule has 0 radical (unpaired) electrons. The van der Waals surface area contributed by atoms with E-state index in [4.69, 9.17) is 9.47 Å². The molecule has 0 saturated carbocycles. The first-order valence-corrected chi connectivity index (χ1v) is 6.08. The van der Waals surface area contributed by atoms with Crippen LogP contribution in [0.5, 0.6) is 0 Å². The first-order valence-electron chi connectivity index (χ1n) is 4.19. The van der Waals surface area contributed by atoms with Gasteiger partial charge in [-0.15, -0.1) is 0 Å². The third kappa shape index (κ3) is 1.20. The van der Waals surface area contributed by atoms with E-state index in [0.29, 0.717) is 0 Å². The Kier molecular flexibility index (Phi) is 2.13. The molecule has 2 saturated heterocycles. The summed E-state index contributed by atoms with van der Waals surface area (Å²) in [4.78, 5) is -2.02. The van der Waals surface area contributed by atoms with Crippen LogP contribution in [0, 0.1) is 0 Å². The maximum atomic E-state index is 11.3. The molecule has 7 heteroatoms. The number of rotatable bonds is 1. The van der Waals surface area contributed by atoms with E-state index in [1.807, 2.05) is 0 Å². The summed E-state index contributed by atoms with van der Waals surface area (Å²) in [6, 6.07) is 0. The summed E-state index contributed by atoms with van der Waals surface area (Å²) >= 11 is 0. The molecular weight excluding hydrogens is 212 g/mol. The van der Waals surface area contributed by atoms with Crippen molar-refractivity contribution in [1.29, 1.82) is 0 Å². The summed E-state index contributed by atoms with van der Waals surface area (Å²) in [5.74, 6) is 0. The van der Waals surface area contributed by atoms with E-state index in [9.17, 15) is 18.6 Å². The minimum absolute atomic E-state index is 0.00678. The molecular formula is C7H12O6S. The largest absolute Gasteiger partial charge is 0.388 e. The lowest BCUT2D eigenvalue weighted by Gasteiger charge is -2.24. The Morgan fingerprint density at radius 1 is 1.43 bits per heavy atom. The van der Waals surface area contributed by atoms with Gasteiger partial charge in [0.2, 0.25) is 4.93 Å². The highest BCUT2D eigenvalue weighted by atomic mass is 32.2. The molecule has 2 aliphatic rings. The van der Waals surface area contributed by atoms with Crippen LogP contribution in [0.15, 0.2) is 0 Å². The molecule has 0 unspecified atom stereocenters. The SMILES string of the molecule is CS(=O)(=O)[C@]1(O)CO[C@@H]2[C@H](O)CO[C@@H]21. The quantitative estimate of drug-likeness (QED) is 0.529. The van der Waals surface area contributed by atoms with Gasteiger partial charge in [0.1, 0.15) is 18.3 Å². The second kappa shape index (κ2) is 2.89. The van der Waals surface area contributed by atoms with E-state index in [2.05, 4.69) is 0 Å². The lowest BCUT2D eigenvalue weighted by molar-refractivity contribution is -0.0188. The molecule has 2 N–H and O–H groups in total. The lowest BCUT2D eigenvalue weighted by atomic mass is 10.1. The van der Waals surface area contributed by atoms with Gasteiger partial charge in [-0.1, -0.05) is 0 Å². The number of aliphatic hydroxyl groups excluding tert-OH is 1. The Labute approximate surface area is 81.4 Å². The molecule has 2 aliphatic heterocycles. The predicted molar refractivity (Wildman–Crippen MR) is 45.3 cm³/mol. The predicted octanol–water partition coefficient (Wildman–Crippen LogP) is -2.12. The molecule has 0 amide bonds. The maximum absolute atomic E-state index is 11.3. The molecule has 6 nitrogen and oxygen atoms in total. The van der Waals surface area contributed by atoms with Crippen LogP contribution in [0.3, 0.4) is 0 Å². The summed E-state index contributed by atoms with van der Waals surface area (Å²) in [5.41, 5.74) is 0. The molecule has 82 valence electrons. The summed E-state index contributed by atoms with van der Waals surface area (Å²) < 4.78 is 32.7. The van der Waals surface area contributed by atoms with Gasteiger partial charge >= 0.3 is 0 Å². The zero-order valence-corrected chi connectivity index (χ0v) is 8.40. The fraction of sp³-hybridized carbons (Fsp3) is 1.00. The smallest absolute Gasteiger partial charge is 0.218 e. The van der Waals surface area contributed by atoms with Gasteiger partial charge in [0, 0.05) is 6.26 Å². The molecule has 0 spiro atoms. The van der Waals surface area contributed by atoms with Crippen LogP contribution in [-0.4, -0.2) is 61.3 Å². The van der Waals surface area contributed by atoms with Gasteiger partial charge in [0.25, 0.3) is 0 Å². The third-order valence-corrected chi connectivity index (χ3v) is 4.33. The van der Waals surface area contributed by atoms with Gasteiger partial charge in [-0.2, -0.15) is 0 Å². The molecule has 2 rings (SSSR count). The highest BCUT2D eigenvalue weighted by molar-refractivity contribution is 7.92. The third-order valence-electron chi connectivity index (χ3n) is 2.69. The molecule has 0 aliphatic carbocycles. The number of hydrogen-bond acceptors (Lipinski definition) is 6. The molecule has 0 aromatic rings. The highest BCUT2D eigenvalue weighted by Gasteiger charge is 2.61. The fourth-order valence-corrected chi connectivity index (χ4v) is 2.70. The summed E-state index contributed by atoms with van der Waals surface area (Å²) in [6.45, 7) is -0.356. The summed E-state index contributed by atoms with van der Waals surface area (Å²) in [5, 5.41) is 19.2. The van der Waals surface area contributed by atoms with Crippen molar-refractivity contribution >= 4 is 9.84 Å². The first kappa shape index (κ1) is 10.3. The van der Waals surface area contributed by atoms with Gasteiger partial charge in [0.15, 0.2) is 9.84 Å². The molecule has 4 atom stereocenters. The second-order valence-electron chi connectivity index (χ2n) is 3.71. The molecule has 2 fully saturated rings. The number of sulfone groups is 1. The minimum atomic E-state index is -3.69. The molecule has 2 heterocycles. The Balaban J connectivity index is 2.34. The van der Waals surface area contributed by atoms with Crippen LogP contribution in [0.2, 0.25) is 0 Å². The van der Waals surface area contributed by atoms with Gasteiger partial charge in [-0.05, 0) is 0 Å². The molecule has 0 aromatic heterocycles. The zero-order valence-electron chi connectivity index (χ0n) is 7.58. The molecule has 0 aromatic carbocycles. The van der Waals surface area contributed by atoms with E-state index >= 15 is 0 Å². The van der Waals surface area contributed by atoms with Gasteiger partial charge in [-0.3, -0.25) is 0 Å². The van der Waals surface area contributed by atoms with Gasteiger partial charge in [0.05, 0.1) is 13.2 Å². The maximum Gasteiger partial charge on any atom is 0.218 e. The number of aliphatic hydroxyl groups is 2. The van der Waals surface area contributed by atoms with Crippen molar-refractivity contribution in [3.05, 3.63) is 0 Å². The van der Waals surface area contributed by atoms with Gasteiger partial charge < -0.3 is 19.7 Å². The Hall–Kier alpha value is -0.210. The van der Waals surface area contributed by atoms with Crippen LogP contribution >= 0.6 is 0 Å². The van der Waals surface area contributed by atoms with Crippen LogP contribution < -0.4 is 0 Å². The van der Waals surface area contributed by atoms with Crippen molar-refractivity contribution in [2.24, 2.45) is 0 Å². The topological polar surface area (TPSA) is 93.1 Å². The van der Waals surface area contributed by atoms with Crippen LogP contribution in [0.1, 0.15) is 0 Å². The molecule has 14 heavy (non-hydrogen) atoms. The van der Waals surface area contributed by atoms with Crippen molar-refractivity contribution in [3.63, 3.8) is 0 Å². The first-order chi connectivity index (χ1) is 6.36. The second-order valence-corrected chi connectivity index (χ2v) is 5.97. The van der Waals surface area contributed by atoms with Crippen molar-refractivity contribution in [2.75, 3.05) is 19.5 Å². The Morgan fingerprint density at radius 3 is 2.64 bits per heavy atom. The highest BCUT2D eigenvalue weighted by Crippen LogP contribution is 2.37. The van der Waals surface area contributed by atoms with Crippen LogP contribution in [0.25, 0.3) is 0 Å². The number of ether oxygens (including phenoxy) is 2. The number of fused-ring (bicyclic) bond motifs is 1. The van der Waals surface area contributed by atoms with Crippen LogP contribution in [-0.2, 0) is 19.3 Å². The summed E-state index contributed by atoms with van der Waals surface area (Å²) in [7, 11) is -3.69. The zero-order chi connectivity index (χ0) is 10.6. The average Bonchev–Trinajstić information content (AvgIpc) is 2.55. The Morgan fingerprint density at radius 2 is 2.07 bits per heavy atom. The van der Waals surface area contributed by atoms with E-state index < -0.39 is 33.1 Å². The average molecular weight is 224 g/mol. The van der Waals surface area contributed by atoms with Crippen molar-refractivity contribution in [1.82, 2.24) is 0 Å². The fourth-order valence-electron chi connectivity index (χ4n) is 1.79. The van der Waals surface area contributed by atoms with Crippen molar-refractivity contribution in [2.45, 2.75) is 23.2 Å². The number of hydrogen-bond donors (Lipinski definition) is 2. The monoisotopic (exact) mass is 224 g/mol. The van der Waals surface area contributed by atoms with Crippen molar-refractivity contribution in [3.8, 4) is 0 Å². The van der Waals surface area contributed by atoms with Crippen molar-refractivity contribution < 1.29 is 28.1 Å². The van der Waals surface area contributed by atoms with E-state index in [1.165, 1.54) is 0 Å². The summed E-state index contributed by atoms with van der Waals surface area (Å²) in [6.07, 6.45) is -1.66. The van der Waals surface area contributed by atoms with E-state index in [1.54, 1.807) is 0 Å². The normalized spacial score (nSPS) is 48.1.